The second kappa shape index (κ2) is 8.70. The van der Waals surface area contributed by atoms with Crippen LogP contribution in [-0.4, -0.2) is 19.0 Å². The van der Waals surface area contributed by atoms with Crippen LogP contribution in [0.3, 0.4) is 0 Å². The maximum Gasteiger partial charge on any atom is 0.221 e. The lowest BCUT2D eigenvalue weighted by atomic mass is 10.0. The molecule has 1 rings (SSSR count). The predicted molar refractivity (Wildman–Crippen MR) is 80.1 cm³/mol. The molecule has 0 aromatic heterocycles. The predicted octanol–water partition coefficient (Wildman–Crippen LogP) is 2.95. The molecule has 0 fully saturated rings. The van der Waals surface area contributed by atoms with Crippen molar-refractivity contribution in [2.24, 2.45) is 0 Å². The van der Waals surface area contributed by atoms with Crippen molar-refractivity contribution in [2.75, 3.05) is 13.1 Å². The van der Waals surface area contributed by atoms with E-state index in [1.165, 1.54) is 11.1 Å². The van der Waals surface area contributed by atoms with Crippen LogP contribution in [0.1, 0.15) is 50.3 Å². The van der Waals surface area contributed by atoms with Gasteiger partial charge in [-0.25, -0.2) is 0 Å². The summed E-state index contributed by atoms with van der Waals surface area (Å²) in [5.74, 6) is 0.133. The summed E-state index contributed by atoms with van der Waals surface area (Å²) in [5, 5.41) is 6.34. The minimum atomic E-state index is 0.133. The minimum absolute atomic E-state index is 0.133. The quantitative estimate of drug-likeness (QED) is 0.756. The van der Waals surface area contributed by atoms with Crippen LogP contribution < -0.4 is 10.6 Å². The first-order chi connectivity index (χ1) is 9.17. The highest BCUT2D eigenvalue weighted by Crippen LogP contribution is 2.16. The van der Waals surface area contributed by atoms with Gasteiger partial charge in [0.2, 0.25) is 5.91 Å². The standard InChI is InChI=1S/C16H26N2O/c1-4-11-18-16(19)10-12-17-15(5-2)14-8-6-13(3)7-9-14/h6-9,15,17H,4-5,10-12H2,1-3H3,(H,18,19). The van der Waals surface area contributed by atoms with E-state index >= 15 is 0 Å². The van der Waals surface area contributed by atoms with Gasteiger partial charge in [-0.2, -0.15) is 0 Å². The number of hydrogen-bond donors (Lipinski definition) is 2. The van der Waals surface area contributed by atoms with Gasteiger partial charge in [0.25, 0.3) is 0 Å². The molecule has 0 radical (unpaired) electrons. The van der Waals surface area contributed by atoms with E-state index in [0.717, 1.165) is 25.9 Å². The third kappa shape index (κ3) is 5.88. The van der Waals surface area contributed by atoms with Gasteiger partial charge in [0, 0.05) is 25.6 Å². The Labute approximate surface area is 116 Å². The van der Waals surface area contributed by atoms with Gasteiger partial charge in [0.05, 0.1) is 0 Å². The molecule has 0 saturated carbocycles. The highest BCUT2D eigenvalue weighted by Gasteiger charge is 2.08. The van der Waals surface area contributed by atoms with E-state index in [9.17, 15) is 4.79 Å². The zero-order chi connectivity index (χ0) is 14.1. The minimum Gasteiger partial charge on any atom is -0.356 e. The number of carbonyl (C=O) groups excluding carboxylic acids is 1. The van der Waals surface area contributed by atoms with Crippen LogP contribution >= 0.6 is 0 Å². The number of amides is 1. The second-order valence-corrected chi connectivity index (χ2v) is 4.93. The fourth-order valence-electron chi connectivity index (χ4n) is 2.01. The Morgan fingerprint density at radius 1 is 1.16 bits per heavy atom. The van der Waals surface area contributed by atoms with E-state index in [0.29, 0.717) is 12.5 Å². The van der Waals surface area contributed by atoms with Crippen molar-refractivity contribution in [2.45, 2.75) is 46.1 Å². The van der Waals surface area contributed by atoms with Gasteiger partial charge in [0.1, 0.15) is 0 Å². The van der Waals surface area contributed by atoms with Crippen molar-refractivity contribution >= 4 is 5.91 Å². The molecule has 3 nitrogen and oxygen atoms in total. The van der Waals surface area contributed by atoms with Crippen LogP contribution in [0.2, 0.25) is 0 Å². The molecule has 1 aromatic rings. The lowest BCUT2D eigenvalue weighted by Crippen LogP contribution is -2.29. The number of aryl methyl sites for hydroxylation is 1. The highest BCUT2D eigenvalue weighted by atomic mass is 16.1. The van der Waals surface area contributed by atoms with Crippen LogP contribution in [0.5, 0.6) is 0 Å². The van der Waals surface area contributed by atoms with Crippen LogP contribution in [0.15, 0.2) is 24.3 Å². The summed E-state index contributed by atoms with van der Waals surface area (Å²) in [6, 6.07) is 8.92. The Morgan fingerprint density at radius 3 is 2.42 bits per heavy atom. The summed E-state index contributed by atoms with van der Waals surface area (Å²) >= 11 is 0. The molecular weight excluding hydrogens is 236 g/mol. The molecule has 2 N–H and O–H groups in total. The first-order valence-corrected chi connectivity index (χ1v) is 7.24. The summed E-state index contributed by atoms with van der Waals surface area (Å²) in [6.07, 6.45) is 2.56. The molecule has 0 saturated heterocycles. The number of nitrogens with one attached hydrogen (secondary N) is 2. The summed E-state index contributed by atoms with van der Waals surface area (Å²) in [6.45, 7) is 7.81. The average molecular weight is 262 g/mol. The number of hydrogen-bond acceptors (Lipinski definition) is 2. The maximum atomic E-state index is 11.5. The lowest BCUT2D eigenvalue weighted by Gasteiger charge is -2.17. The smallest absolute Gasteiger partial charge is 0.221 e. The van der Waals surface area contributed by atoms with E-state index in [-0.39, 0.29) is 5.91 Å². The van der Waals surface area contributed by atoms with Crippen molar-refractivity contribution in [1.29, 1.82) is 0 Å². The van der Waals surface area contributed by atoms with Gasteiger partial charge >= 0.3 is 0 Å². The van der Waals surface area contributed by atoms with Gasteiger partial charge in [-0.15, -0.1) is 0 Å². The average Bonchev–Trinajstić information content (AvgIpc) is 2.42. The molecule has 1 atom stereocenters. The van der Waals surface area contributed by atoms with Gasteiger partial charge in [-0.05, 0) is 25.3 Å². The molecule has 1 unspecified atom stereocenters. The number of carbonyl (C=O) groups is 1. The normalized spacial score (nSPS) is 12.2. The Hall–Kier alpha value is -1.35. The molecule has 0 bridgehead atoms. The first-order valence-electron chi connectivity index (χ1n) is 7.24. The molecule has 0 heterocycles. The van der Waals surface area contributed by atoms with E-state index in [2.05, 4.69) is 55.7 Å². The zero-order valence-electron chi connectivity index (χ0n) is 12.3. The molecule has 0 aliphatic rings. The fraction of sp³-hybridized carbons (Fsp3) is 0.562. The largest absolute Gasteiger partial charge is 0.356 e. The fourth-order valence-corrected chi connectivity index (χ4v) is 2.01. The third-order valence-electron chi connectivity index (χ3n) is 3.20. The van der Waals surface area contributed by atoms with E-state index in [4.69, 9.17) is 0 Å². The molecule has 1 amide bonds. The van der Waals surface area contributed by atoms with Crippen molar-refractivity contribution < 1.29 is 4.79 Å². The van der Waals surface area contributed by atoms with Crippen molar-refractivity contribution in [3.05, 3.63) is 35.4 Å². The monoisotopic (exact) mass is 262 g/mol. The first kappa shape index (κ1) is 15.7. The maximum absolute atomic E-state index is 11.5. The number of rotatable bonds is 8. The van der Waals surface area contributed by atoms with Crippen molar-refractivity contribution in [3.63, 3.8) is 0 Å². The summed E-state index contributed by atoms with van der Waals surface area (Å²) in [4.78, 5) is 11.5. The Balaban J connectivity index is 2.37. The molecule has 0 aliphatic heterocycles. The molecule has 106 valence electrons. The Kier molecular flexibility index (Phi) is 7.19. The van der Waals surface area contributed by atoms with Gasteiger partial charge < -0.3 is 10.6 Å². The summed E-state index contributed by atoms with van der Waals surface area (Å²) in [5.41, 5.74) is 2.57. The third-order valence-corrected chi connectivity index (χ3v) is 3.20. The highest BCUT2D eigenvalue weighted by molar-refractivity contribution is 5.75. The molecular formula is C16H26N2O. The van der Waals surface area contributed by atoms with Gasteiger partial charge in [0.15, 0.2) is 0 Å². The Bertz CT molecular complexity index is 373. The molecule has 19 heavy (non-hydrogen) atoms. The second-order valence-electron chi connectivity index (χ2n) is 4.93. The molecule has 0 spiro atoms. The summed E-state index contributed by atoms with van der Waals surface area (Å²) in [7, 11) is 0. The van der Waals surface area contributed by atoms with E-state index in [1.54, 1.807) is 0 Å². The van der Waals surface area contributed by atoms with E-state index in [1.807, 2.05) is 0 Å². The van der Waals surface area contributed by atoms with E-state index < -0.39 is 0 Å². The van der Waals surface area contributed by atoms with Crippen molar-refractivity contribution in [1.82, 2.24) is 10.6 Å². The SMILES string of the molecule is CCCNC(=O)CCNC(CC)c1ccc(C)cc1. The van der Waals surface area contributed by atoms with Gasteiger partial charge in [-0.3, -0.25) is 4.79 Å². The molecule has 0 aliphatic carbocycles. The molecule has 1 aromatic carbocycles. The lowest BCUT2D eigenvalue weighted by molar-refractivity contribution is -0.121. The number of benzene rings is 1. The Morgan fingerprint density at radius 2 is 1.84 bits per heavy atom. The van der Waals surface area contributed by atoms with Crippen LogP contribution in [0, 0.1) is 6.92 Å². The topological polar surface area (TPSA) is 41.1 Å². The van der Waals surface area contributed by atoms with Crippen LogP contribution in [0.4, 0.5) is 0 Å². The zero-order valence-corrected chi connectivity index (χ0v) is 12.3. The van der Waals surface area contributed by atoms with Crippen molar-refractivity contribution in [3.8, 4) is 0 Å². The van der Waals surface area contributed by atoms with Crippen LogP contribution in [-0.2, 0) is 4.79 Å². The summed E-state index contributed by atoms with van der Waals surface area (Å²) < 4.78 is 0. The van der Waals surface area contributed by atoms with Gasteiger partial charge in [-0.1, -0.05) is 43.7 Å². The van der Waals surface area contributed by atoms with Crippen LogP contribution in [0.25, 0.3) is 0 Å². The molecule has 3 heteroatoms.